The zero-order chi connectivity index (χ0) is 22.0. The van der Waals surface area contributed by atoms with E-state index in [1.54, 1.807) is 6.07 Å². The summed E-state index contributed by atoms with van der Waals surface area (Å²) in [6.45, 7) is 1.82. The summed E-state index contributed by atoms with van der Waals surface area (Å²) in [5.41, 5.74) is 2.09. The van der Waals surface area contributed by atoms with Crippen LogP contribution < -0.4 is 24.7 Å². The third kappa shape index (κ3) is 3.86. The monoisotopic (exact) mass is 424 g/mol. The lowest BCUT2D eigenvalue weighted by Crippen LogP contribution is -2.23. The van der Waals surface area contributed by atoms with Gasteiger partial charge in [-0.2, -0.15) is 0 Å². The fourth-order valence-electron chi connectivity index (χ4n) is 3.60. The topological polar surface area (TPSA) is 98.3 Å². The molecule has 0 saturated carbocycles. The first-order chi connectivity index (χ1) is 15.0. The Bertz CT molecular complexity index is 1200. The quantitative estimate of drug-likeness (QED) is 0.622. The summed E-state index contributed by atoms with van der Waals surface area (Å²) in [4.78, 5) is 26.6. The fourth-order valence-corrected chi connectivity index (χ4v) is 3.60. The first-order valence-electron chi connectivity index (χ1n) is 9.76. The lowest BCUT2D eigenvalue weighted by molar-refractivity contribution is 0.327. The highest BCUT2D eigenvalue weighted by molar-refractivity contribution is 5.95. The van der Waals surface area contributed by atoms with Gasteiger partial charge in [0.15, 0.2) is 11.5 Å². The number of H-pyrrole nitrogens is 1. The first-order valence-corrected chi connectivity index (χ1v) is 9.76. The van der Waals surface area contributed by atoms with Gasteiger partial charge in [0.25, 0.3) is 5.56 Å². The van der Waals surface area contributed by atoms with Crippen LogP contribution in [0.25, 0.3) is 10.9 Å². The van der Waals surface area contributed by atoms with E-state index in [0.717, 1.165) is 11.1 Å². The Morgan fingerprint density at radius 1 is 1.13 bits per heavy atom. The molecule has 1 aromatic heterocycles. The molecule has 1 N–H and O–H groups in total. The number of benzene rings is 2. The van der Waals surface area contributed by atoms with Crippen LogP contribution in [0.4, 0.5) is 5.95 Å². The van der Waals surface area contributed by atoms with E-state index in [1.807, 2.05) is 36.2 Å². The number of hydrogen-bond donors (Lipinski definition) is 1. The van der Waals surface area contributed by atoms with E-state index in [1.165, 1.54) is 21.3 Å². The SMILES string of the molecule is COc1cc2nc(N(C)Cc3cccc(C4=NCCO4)c3)[nH]c(=O)c2c(OC)c1OC. The van der Waals surface area contributed by atoms with Crippen LogP contribution in [0.15, 0.2) is 40.1 Å². The maximum Gasteiger partial charge on any atom is 0.264 e. The minimum atomic E-state index is -0.327. The number of methoxy groups -OCH3 is 3. The molecule has 0 spiro atoms. The van der Waals surface area contributed by atoms with Crippen molar-refractivity contribution in [2.45, 2.75) is 6.54 Å². The summed E-state index contributed by atoms with van der Waals surface area (Å²) < 4.78 is 21.7. The normalized spacial score (nSPS) is 13.0. The number of fused-ring (bicyclic) bond motifs is 1. The van der Waals surface area contributed by atoms with Crippen LogP contribution in [0, 0.1) is 0 Å². The summed E-state index contributed by atoms with van der Waals surface area (Å²) >= 11 is 0. The van der Waals surface area contributed by atoms with E-state index in [4.69, 9.17) is 18.9 Å². The van der Waals surface area contributed by atoms with E-state index in [9.17, 15) is 4.79 Å². The number of aromatic amines is 1. The summed E-state index contributed by atoms with van der Waals surface area (Å²) in [5, 5.41) is 0.302. The molecule has 31 heavy (non-hydrogen) atoms. The van der Waals surface area contributed by atoms with E-state index < -0.39 is 0 Å². The largest absolute Gasteiger partial charge is 0.493 e. The van der Waals surface area contributed by atoms with Gasteiger partial charge in [-0.25, -0.2) is 9.98 Å². The summed E-state index contributed by atoms with van der Waals surface area (Å²) in [7, 11) is 6.35. The Labute approximate surface area is 179 Å². The Balaban J connectivity index is 1.70. The van der Waals surface area contributed by atoms with Crippen molar-refractivity contribution < 1.29 is 18.9 Å². The molecule has 9 heteroatoms. The van der Waals surface area contributed by atoms with Crippen LogP contribution in [-0.2, 0) is 11.3 Å². The Morgan fingerprint density at radius 2 is 1.94 bits per heavy atom. The molecule has 0 saturated heterocycles. The van der Waals surface area contributed by atoms with Gasteiger partial charge in [0.2, 0.25) is 17.6 Å². The highest BCUT2D eigenvalue weighted by Crippen LogP contribution is 2.41. The molecule has 4 rings (SSSR count). The van der Waals surface area contributed by atoms with Crippen LogP contribution in [0.1, 0.15) is 11.1 Å². The molecule has 0 aliphatic carbocycles. The van der Waals surface area contributed by atoms with E-state index in [0.29, 0.717) is 53.9 Å². The molecule has 2 aromatic carbocycles. The average Bonchev–Trinajstić information content (AvgIpc) is 3.32. The van der Waals surface area contributed by atoms with Crippen LogP contribution in [-0.4, -0.2) is 57.4 Å². The van der Waals surface area contributed by atoms with Gasteiger partial charge >= 0.3 is 0 Å². The summed E-state index contributed by atoms with van der Waals surface area (Å²) in [6.07, 6.45) is 0. The molecule has 3 aromatic rings. The van der Waals surface area contributed by atoms with E-state index in [2.05, 4.69) is 15.0 Å². The van der Waals surface area contributed by atoms with Crippen molar-refractivity contribution in [3.63, 3.8) is 0 Å². The minimum absolute atomic E-state index is 0.282. The van der Waals surface area contributed by atoms with Crippen molar-refractivity contribution in [1.29, 1.82) is 0 Å². The molecular formula is C22H24N4O5. The lowest BCUT2D eigenvalue weighted by atomic mass is 10.1. The third-order valence-corrected chi connectivity index (χ3v) is 5.03. The summed E-state index contributed by atoms with van der Waals surface area (Å²) in [5.74, 6) is 2.15. The van der Waals surface area contributed by atoms with Crippen LogP contribution >= 0.6 is 0 Å². The Kier molecular flexibility index (Phi) is 5.66. The van der Waals surface area contributed by atoms with Crippen LogP contribution in [0.5, 0.6) is 17.2 Å². The van der Waals surface area contributed by atoms with Crippen molar-refractivity contribution in [3.05, 3.63) is 51.8 Å². The highest BCUT2D eigenvalue weighted by atomic mass is 16.5. The van der Waals surface area contributed by atoms with Crippen molar-refractivity contribution >= 4 is 22.7 Å². The molecule has 2 heterocycles. The molecule has 0 unspecified atom stereocenters. The maximum absolute atomic E-state index is 12.9. The maximum atomic E-state index is 12.9. The number of aliphatic imine (C=N–C) groups is 1. The predicted molar refractivity (Wildman–Crippen MR) is 118 cm³/mol. The van der Waals surface area contributed by atoms with Gasteiger partial charge in [-0.15, -0.1) is 0 Å². The second-order valence-corrected chi connectivity index (χ2v) is 7.02. The van der Waals surface area contributed by atoms with Crippen molar-refractivity contribution in [3.8, 4) is 17.2 Å². The van der Waals surface area contributed by atoms with Gasteiger partial charge in [-0.05, 0) is 17.7 Å². The average molecular weight is 424 g/mol. The van der Waals surface area contributed by atoms with Gasteiger partial charge in [-0.1, -0.05) is 12.1 Å². The zero-order valence-corrected chi connectivity index (χ0v) is 17.9. The third-order valence-electron chi connectivity index (χ3n) is 5.03. The van der Waals surface area contributed by atoms with Crippen molar-refractivity contribution in [2.24, 2.45) is 4.99 Å². The predicted octanol–water partition coefficient (Wildman–Crippen LogP) is 2.36. The first kappa shape index (κ1) is 20.5. The molecule has 1 aliphatic heterocycles. The Hall–Kier alpha value is -3.75. The van der Waals surface area contributed by atoms with Gasteiger partial charge in [0.05, 0.1) is 33.4 Å². The number of ether oxygens (including phenoxy) is 4. The van der Waals surface area contributed by atoms with Crippen LogP contribution in [0.3, 0.4) is 0 Å². The number of nitrogens with zero attached hydrogens (tertiary/aromatic N) is 3. The second kappa shape index (κ2) is 8.55. The molecule has 0 atom stereocenters. The van der Waals surface area contributed by atoms with Crippen molar-refractivity contribution in [2.75, 3.05) is 46.4 Å². The second-order valence-electron chi connectivity index (χ2n) is 7.02. The number of hydrogen-bond acceptors (Lipinski definition) is 8. The number of anilines is 1. The van der Waals surface area contributed by atoms with Gasteiger partial charge in [-0.3, -0.25) is 9.78 Å². The standard InChI is InChI=1S/C22H24N4O5/c1-26(12-13-6-5-7-14(10-13)21-23-8-9-31-21)22-24-15-11-16(28-2)18(29-3)19(30-4)17(15)20(27)25-22/h5-7,10-11H,8-9,12H2,1-4H3,(H,24,25,27). The zero-order valence-electron chi connectivity index (χ0n) is 17.9. The number of aromatic nitrogens is 2. The summed E-state index contributed by atoms with van der Waals surface area (Å²) in [6, 6.07) is 9.62. The van der Waals surface area contributed by atoms with Crippen LogP contribution in [0.2, 0.25) is 0 Å². The lowest BCUT2D eigenvalue weighted by Gasteiger charge is -2.19. The fraction of sp³-hybridized carbons (Fsp3) is 0.318. The number of rotatable bonds is 7. The Morgan fingerprint density at radius 3 is 2.61 bits per heavy atom. The molecule has 162 valence electrons. The van der Waals surface area contributed by atoms with Gasteiger partial charge in [0, 0.05) is 25.2 Å². The number of nitrogens with one attached hydrogen (secondary N) is 1. The molecule has 1 aliphatic rings. The molecule has 0 radical (unpaired) electrons. The molecule has 0 amide bonds. The van der Waals surface area contributed by atoms with Gasteiger partial charge < -0.3 is 23.8 Å². The minimum Gasteiger partial charge on any atom is -0.493 e. The highest BCUT2D eigenvalue weighted by Gasteiger charge is 2.21. The smallest absolute Gasteiger partial charge is 0.264 e. The van der Waals surface area contributed by atoms with Crippen molar-refractivity contribution in [1.82, 2.24) is 9.97 Å². The molecule has 0 fully saturated rings. The van der Waals surface area contributed by atoms with E-state index >= 15 is 0 Å². The molecular weight excluding hydrogens is 400 g/mol. The van der Waals surface area contributed by atoms with E-state index in [-0.39, 0.29) is 11.3 Å². The molecule has 0 bridgehead atoms. The molecule has 9 nitrogen and oxygen atoms in total. The van der Waals surface area contributed by atoms with Gasteiger partial charge in [0.1, 0.15) is 12.0 Å².